The van der Waals surface area contributed by atoms with Crippen molar-refractivity contribution in [3.63, 3.8) is 0 Å². The maximum Gasteiger partial charge on any atom is 0.229 e. The van der Waals surface area contributed by atoms with E-state index >= 15 is 0 Å². The Morgan fingerprint density at radius 1 is 0.963 bits per heavy atom. The molecule has 0 aliphatic carbocycles. The molecule has 0 bridgehead atoms. The largest absolute Gasteiger partial charge is 0.356 e. The zero-order valence-electron chi connectivity index (χ0n) is 15.2. The molecule has 138 valence electrons. The van der Waals surface area contributed by atoms with Crippen molar-refractivity contribution in [2.24, 2.45) is 5.92 Å². The van der Waals surface area contributed by atoms with Gasteiger partial charge >= 0.3 is 0 Å². The lowest BCUT2D eigenvalue weighted by atomic mass is 9.90. The van der Waals surface area contributed by atoms with Crippen molar-refractivity contribution < 1.29 is 4.39 Å². The summed E-state index contributed by atoms with van der Waals surface area (Å²) in [4.78, 5) is 11.2. The highest BCUT2D eigenvalue weighted by atomic mass is 19.1. The number of nitrogens with zero attached hydrogens (tertiary/aromatic N) is 3. The first-order valence-corrected chi connectivity index (χ1v) is 9.41. The zero-order chi connectivity index (χ0) is 18.5. The normalized spacial score (nSPS) is 14.9. The molecule has 27 heavy (non-hydrogen) atoms. The Bertz CT molecular complexity index is 859. The monoisotopic (exact) mass is 362 g/mol. The van der Waals surface area contributed by atoms with Crippen LogP contribution in [0.4, 0.5) is 21.8 Å². The molecule has 0 amide bonds. The quantitative estimate of drug-likeness (QED) is 0.707. The molecule has 4 nitrogen and oxygen atoms in total. The van der Waals surface area contributed by atoms with Crippen LogP contribution in [0.15, 0.2) is 66.9 Å². The summed E-state index contributed by atoms with van der Waals surface area (Å²) in [6.07, 6.45) is 5.25. The van der Waals surface area contributed by atoms with Gasteiger partial charge in [0.15, 0.2) is 0 Å². The van der Waals surface area contributed by atoms with Gasteiger partial charge in [0.25, 0.3) is 0 Å². The maximum atomic E-state index is 13.0. The third-order valence-corrected chi connectivity index (χ3v) is 5.05. The number of benzene rings is 2. The van der Waals surface area contributed by atoms with E-state index in [1.54, 1.807) is 18.3 Å². The number of hydrogen-bond donors (Lipinski definition) is 1. The summed E-state index contributed by atoms with van der Waals surface area (Å²) in [7, 11) is 0. The molecule has 0 radical (unpaired) electrons. The van der Waals surface area contributed by atoms with Crippen LogP contribution in [0.2, 0.25) is 0 Å². The van der Waals surface area contributed by atoms with Crippen LogP contribution < -0.4 is 10.2 Å². The van der Waals surface area contributed by atoms with E-state index < -0.39 is 0 Å². The summed E-state index contributed by atoms with van der Waals surface area (Å²) < 4.78 is 13.0. The average Bonchev–Trinajstić information content (AvgIpc) is 2.71. The molecule has 0 atom stereocenters. The number of aromatic nitrogens is 2. The van der Waals surface area contributed by atoms with Crippen LogP contribution in [0.1, 0.15) is 18.4 Å². The molecule has 1 fully saturated rings. The minimum Gasteiger partial charge on any atom is -0.356 e. The molecular weight excluding hydrogens is 339 g/mol. The fourth-order valence-electron chi connectivity index (χ4n) is 3.56. The Hall–Kier alpha value is -2.95. The number of halogens is 1. The number of piperidine rings is 1. The van der Waals surface area contributed by atoms with Gasteiger partial charge in [0.05, 0.1) is 0 Å². The van der Waals surface area contributed by atoms with Crippen molar-refractivity contribution in [2.75, 3.05) is 23.3 Å². The second-order valence-electron chi connectivity index (χ2n) is 6.99. The van der Waals surface area contributed by atoms with Crippen molar-refractivity contribution >= 4 is 17.5 Å². The van der Waals surface area contributed by atoms with Gasteiger partial charge in [0.1, 0.15) is 11.6 Å². The number of hydrogen-bond acceptors (Lipinski definition) is 4. The maximum absolute atomic E-state index is 13.0. The summed E-state index contributed by atoms with van der Waals surface area (Å²) in [5.74, 6) is 1.94. The Labute approximate surface area is 159 Å². The minimum absolute atomic E-state index is 0.256. The van der Waals surface area contributed by atoms with Crippen LogP contribution in [0.25, 0.3) is 0 Å². The summed E-state index contributed by atoms with van der Waals surface area (Å²) in [5.41, 5.74) is 2.19. The molecule has 1 aliphatic rings. The van der Waals surface area contributed by atoms with Gasteiger partial charge in [-0.1, -0.05) is 30.3 Å². The molecule has 2 aromatic carbocycles. The lowest BCUT2D eigenvalue weighted by Crippen LogP contribution is -2.35. The molecule has 0 spiro atoms. The molecule has 0 saturated carbocycles. The van der Waals surface area contributed by atoms with Crippen LogP contribution in [0, 0.1) is 11.7 Å². The van der Waals surface area contributed by atoms with E-state index in [0.717, 1.165) is 36.9 Å². The highest BCUT2D eigenvalue weighted by Crippen LogP contribution is 2.25. The average molecular weight is 362 g/mol. The van der Waals surface area contributed by atoms with Crippen molar-refractivity contribution in [1.82, 2.24) is 9.97 Å². The van der Waals surface area contributed by atoms with Gasteiger partial charge in [-0.15, -0.1) is 0 Å². The van der Waals surface area contributed by atoms with E-state index in [4.69, 9.17) is 0 Å². The van der Waals surface area contributed by atoms with Gasteiger partial charge in [-0.3, -0.25) is 0 Å². The molecule has 1 aromatic heterocycles. The Kier molecular flexibility index (Phi) is 5.28. The molecule has 0 unspecified atom stereocenters. The van der Waals surface area contributed by atoms with Crippen LogP contribution >= 0.6 is 0 Å². The molecule has 4 rings (SSSR count). The summed E-state index contributed by atoms with van der Waals surface area (Å²) in [6, 6.07) is 18.9. The predicted octanol–water partition coefficient (Wildman–Crippen LogP) is 4.82. The fourth-order valence-corrected chi connectivity index (χ4v) is 3.56. The second-order valence-corrected chi connectivity index (χ2v) is 6.99. The first-order chi connectivity index (χ1) is 13.3. The number of rotatable bonds is 5. The number of nitrogens with one attached hydrogen (secondary N) is 1. The Morgan fingerprint density at radius 3 is 2.44 bits per heavy atom. The van der Waals surface area contributed by atoms with Crippen LogP contribution in [-0.4, -0.2) is 23.1 Å². The molecule has 1 saturated heterocycles. The van der Waals surface area contributed by atoms with Crippen molar-refractivity contribution in [1.29, 1.82) is 0 Å². The lowest BCUT2D eigenvalue weighted by Gasteiger charge is -2.33. The van der Waals surface area contributed by atoms with Crippen LogP contribution in [-0.2, 0) is 6.42 Å². The van der Waals surface area contributed by atoms with Crippen molar-refractivity contribution in [3.8, 4) is 0 Å². The first-order valence-electron chi connectivity index (χ1n) is 9.41. The topological polar surface area (TPSA) is 41.1 Å². The zero-order valence-corrected chi connectivity index (χ0v) is 15.2. The summed E-state index contributed by atoms with van der Waals surface area (Å²) >= 11 is 0. The Balaban J connectivity index is 1.36. The lowest BCUT2D eigenvalue weighted by molar-refractivity contribution is 0.402. The molecule has 1 aliphatic heterocycles. The van der Waals surface area contributed by atoms with E-state index in [1.165, 1.54) is 30.5 Å². The molecule has 5 heteroatoms. The van der Waals surface area contributed by atoms with Gasteiger partial charge in [-0.05, 0) is 61.1 Å². The van der Waals surface area contributed by atoms with Crippen LogP contribution in [0.3, 0.4) is 0 Å². The highest BCUT2D eigenvalue weighted by molar-refractivity contribution is 5.54. The fraction of sp³-hybridized carbons (Fsp3) is 0.273. The van der Waals surface area contributed by atoms with Gasteiger partial charge in [-0.25, -0.2) is 9.37 Å². The van der Waals surface area contributed by atoms with E-state index in [9.17, 15) is 4.39 Å². The van der Waals surface area contributed by atoms with Gasteiger partial charge in [0, 0.05) is 25.0 Å². The third-order valence-electron chi connectivity index (χ3n) is 5.05. The minimum atomic E-state index is -0.256. The van der Waals surface area contributed by atoms with E-state index in [2.05, 4.69) is 50.5 Å². The highest BCUT2D eigenvalue weighted by Gasteiger charge is 2.20. The summed E-state index contributed by atoms with van der Waals surface area (Å²) in [5, 5.41) is 3.14. The SMILES string of the molecule is Fc1ccc(Nc2nccc(N3CCC(Cc4ccccc4)CC3)n2)cc1. The van der Waals surface area contributed by atoms with E-state index in [1.807, 2.05) is 6.07 Å². The molecule has 1 N–H and O–H groups in total. The smallest absolute Gasteiger partial charge is 0.229 e. The third kappa shape index (κ3) is 4.61. The standard InChI is InChI=1S/C22H23FN4/c23-19-6-8-20(9-7-19)25-22-24-13-10-21(26-22)27-14-11-18(12-15-27)16-17-4-2-1-3-5-17/h1-10,13,18H,11-12,14-16H2,(H,24,25,26). The second kappa shape index (κ2) is 8.16. The van der Waals surface area contributed by atoms with E-state index in [-0.39, 0.29) is 5.82 Å². The molecular formula is C22H23FN4. The molecule has 3 aromatic rings. The first kappa shape index (κ1) is 17.5. The van der Waals surface area contributed by atoms with Crippen molar-refractivity contribution in [2.45, 2.75) is 19.3 Å². The van der Waals surface area contributed by atoms with Crippen molar-refractivity contribution in [3.05, 3.63) is 78.2 Å². The van der Waals surface area contributed by atoms with Gasteiger partial charge in [-0.2, -0.15) is 4.98 Å². The number of anilines is 3. The van der Waals surface area contributed by atoms with Gasteiger partial charge in [0.2, 0.25) is 5.95 Å². The van der Waals surface area contributed by atoms with Gasteiger partial charge < -0.3 is 10.2 Å². The van der Waals surface area contributed by atoms with Crippen LogP contribution in [0.5, 0.6) is 0 Å². The molecule has 2 heterocycles. The Morgan fingerprint density at radius 2 is 1.70 bits per heavy atom. The predicted molar refractivity (Wildman–Crippen MR) is 107 cm³/mol. The van der Waals surface area contributed by atoms with E-state index in [0.29, 0.717) is 5.95 Å². The summed E-state index contributed by atoms with van der Waals surface area (Å²) in [6.45, 7) is 2.01.